The molecule has 0 saturated carbocycles. The molecule has 0 aliphatic heterocycles. The Morgan fingerprint density at radius 3 is 2.79 bits per heavy atom. The molecule has 2 aromatic rings. The first kappa shape index (κ1) is 13.4. The number of carbonyl (C=O) groups excluding carboxylic acids is 1. The molecule has 0 aliphatic rings. The Morgan fingerprint density at radius 2 is 2.00 bits per heavy atom. The third-order valence-electron chi connectivity index (χ3n) is 2.98. The summed E-state index contributed by atoms with van der Waals surface area (Å²) in [6.45, 7) is 3.22. The fraction of sp³-hybridized carbons (Fsp3) is 0.267. The summed E-state index contributed by atoms with van der Waals surface area (Å²) in [6, 6.07) is 11.4. The van der Waals surface area contributed by atoms with Crippen LogP contribution in [0.1, 0.15) is 12.5 Å². The van der Waals surface area contributed by atoms with Gasteiger partial charge in [0.25, 0.3) is 0 Å². The number of rotatable bonds is 5. The maximum absolute atomic E-state index is 11.3. The minimum Gasteiger partial charge on any atom is -0.508 e. The van der Waals surface area contributed by atoms with Gasteiger partial charge in [0.15, 0.2) is 0 Å². The predicted molar refractivity (Wildman–Crippen MR) is 76.0 cm³/mol. The fourth-order valence-corrected chi connectivity index (χ4v) is 2.07. The van der Waals surface area contributed by atoms with E-state index in [1.807, 2.05) is 37.3 Å². The van der Waals surface area contributed by atoms with Gasteiger partial charge < -0.3 is 15.7 Å². The van der Waals surface area contributed by atoms with Crippen LogP contribution in [0.4, 0.5) is 0 Å². The standard InChI is InChI=1S/C15H18N2O2/c1-2-17-15(19)10-16-9-13-12-6-4-3-5-11(12)7-8-14(13)18/h3-8,16,18H,2,9-10H2,1H3,(H,17,19). The van der Waals surface area contributed by atoms with E-state index < -0.39 is 0 Å². The molecule has 3 N–H and O–H groups in total. The summed E-state index contributed by atoms with van der Waals surface area (Å²) in [5, 5.41) is 17.8. The zero-order chi connectivity index (χ0) is 13.7. The molecule has 2 aromatic carbocycles. The van der Waals surface area contributed by atoms with Crippen LogP contribution in [0.3, 0.4) is 0 Å². The van der Waals surface area contributed by atoms with Crippen LogP contribution in [0.5, 0.6) is 5.75 Å². The molecule has 0 unspecified atom stereocenters. The summed E-state index contributed by atoms with van der Waals surface area (Å²) in [5.41, 5.74) is 0.822. The predicted octanol–water partition coefficient (Wildman–Crippen LogP) is 1.77. The molecular formula is C15H18N2O2. The lowest BCUT2D eigenvalue weighted by Gasteiger charge is -2.10. The van der Waals surface area contributed by atoms with Crippen LogP contribution >= 0.6 is 0 Å². The summed E-state index contributed by atoms with van der Waals surface area (Å²) in [5.74, 6) is 0.212. The highest BCUT2D eigenvalue weighted by atomic mass is 16.3. The number of carbonyl (C=O) groups is 1. The largest absolute Gasteiger partial charge is 0.508 e. The number of aromatic hydroxyl groups is 1. The molecule has 4 heteroatoms. The van der Waals surface area contributed by atoms with Gasteiger partial charge in [0.2, 0.25) is 5.91 Å². The second kappa shape index (κ2) is 6.20. The smallest absolute Gasteiger partial charge is 0.233 e. The van der Waals surface area contributed by atoms with Gasteiger partial charge in [-0.05, 0) is 23.8 Å². The number of phenolic OH excluding ortho intramolecular Hbond substituents is 1. The Kier molecular flexibility index (Phi) is 4.36. The van der Waals surface area contributed by atoms with Gasteiger partial charge >= 0.3 is 0 Å². The number of hydrogen-bond donors (Lipinski definition) is 3. The Labute approximate surface area is 112 Å². The lowest BCUT2D eigenvalue weighted by atomic mass is 10.0. The van der Waals surface area contributed by atoms with E-state index in [4.69, 9.17) is 0 Å². The number of nitrogens with one attached hydrogen (secondary N) is 2. The fourth-order valence-electron chi connectivity index (χ4n) is 2.07. The van der Waals surface area contributed by atoms with Gasteiger partial charge in [-0.1, -0.05) is 30.3 Å². The number of hydrogen-bond acceptors (Lipinski definition) is 3. The summed E-state index contributed by atoms with van der Waals surface area (Å²) < 4.78 is 0. The summed E-state index contributed by atoms with van der Waals surface area (Å²) in [6.07, 6.45) is 0. The SMILES string of the molecule is CCNC(=O)CNCc1c(O)ccc2ccccc12. The van der Waals surface area contributed by atoms with Crippen molar-refractivity contribution in [3.8, 4) is 5.75 Å². The van der Waals surface area contributed by atoms with E-state index in [2.05, 4.69) is 10.6 Å². The van der Waals surface area contributed by atoms with E-state index in [-0.39, 0.29) is 18.2 Å². The molecule has 0 bridgehead atoms. The first-order chi connectivity index (χ1) is 9.22. The van der Waals surface area contributed by atoms with Gasteiger partial charge in [-0.3, -0.25) is 4.79 Å². The van der Waals surface area contributed by atoms with Gasteiger partial charge in [0.05, 0.1) is 6.54 Å². The second-order valence-electron chi connectivity index (χ2n) is 4.34. The van der Waals surface area contributed by atoms with Crippen LogP contribution in [0.25, 0.3) is 10.8 Å². The van der Waals surface area contributed by atoms with Crippen LogP contribution in [0.2, 0.25) is 0 Å². The van der Waals surface area contributed by atoms with Crippen molar-refractivity contribution in [2.24, 2.45) is 0 Å². The minimum atomic E-state index is -0.0396. The van der Waals surface area contributed by atoms with Gasteiger partial charge in [-0.25, -0.2) is 0 Å². The van der Waals surface area contributed by atoms with Crippen molar-refractivity contribution in [1.82, 2.24) is 10.6 Å². The third kappa shape index (κ3) is 3.23. The van der Waals surface area contributed by atoms with Crippen LogP contribution < -0.4 is 10.6 Å². The Hall–Kier alpha value is -2.07. The quantitative estimate of drug-likeness (QED) is 0.766. The molecule has 0 heterocycles. The first-order valence-corrected chi connectivity index (χ1v) is 6.39. The van der Waals surface area contributed by atoms with E-state index in [0.717, 1.165) is 16.3 Å². The molecule has 4 nitrogen and oxygen atoms in total. The van der Waals surface area contributed by atoms with Crippen molar-refractivity contribution in [2.75, 3.05) is 13.1 Å². The third-order valence-corrected chi connectivity index (χ3v) is 2.98. The van der Waals surface area contributed by atoms with Crippen molar-refractivity contribution in [1.29, 1.82) is 0 Å². The van der Waals surface area contributed by atoms with E-state index in [1.165, 1.54) is 0 Å². The lowest BCUT2D eigenvalue weighted by molar-refractivity contribution is -0.120. The first-order valence-electron chi connectivity index (χ1n) is 6.39. The average Bonchev–Trinajstić information content (AvgIpc) is 2.41. The van der Waals surface area contributed by atoms with Crippen LogP contribution in [-0.4, -0.2) is 24.1 Å². The highest BCUT2D eigenvalue weighted by molar-refractivity contribution is 5.87. The number of benzene rings is 2. The number of phenols is 1. The highest BCUT2D eigenvalue weighted by Crippen LogP contribution is 2.26. The molecule has 100 valence electrons. The molecule has 0 spiro atoms. The van der Waals surface area contributed by atoms with E-state index in [9.17, 15) is 9.90 Å². The summed E-state index contributed by atoms with van der Waals surface area (Å²) in [4.78, 5) is 11.3. The molecule has 0 radical (unpaired) electrons. The Morgan fingerprint density at radius 1 is 1.21 bits per heavy atom. The Bertz CT molecular complexity index is 581. The van der Waals surface area contributed by atoms with Crippen molar-refractivity contribution >= 4 is 16.7 Å². The zero-order valence-electron chi connectivity index (χ0n) is 10.9. The molecule has 0 aromatic heterocycles. The van der Waals surface area contributed by atoms with E-state index in [0.29, 0.717) is 13.1 Å². The topological polar surface area (TPSA) is 61.4 Å². The molecule has 1 amide bonds. The molecule has 0 saturated heterocycles. The molecule has 0 fully saturated rings. The Balaban J connectivity index is 2.11. The minimum absolute atomic E-state index is 0.0396. The van der Waals surface area contributed by atoms with E-state index >= 15 is 0 Å². The van der Waals surface area contributed by atoms with Crippen LogP contribution in [0.15, 0.2) is 36.4 Å². The maximum atomic E-state index is 11.3. The second-order valence-corrected chi connectivity index (χ2v) is 4.34. The number of likely N-dealkylation sites (N-methyl/N-ethyl adjacent to an activating group) is 1. The highest BCUT2D eigenvalue weighted by Gasteiger charge is 2.07. The van der Waals surface area contributed by atoms with Gasteiger partial charge in [-0.15, -0.1) is 0 Å². The summed E-state index contributed by atoms with van der Waals surface area (Å²) in [7, 11) is 0. The van der Waals surface area contributed by atoms with Gasteiger partial charge in [0.1, 0.15) is 5.75 Å². The molecule has 0 aliphatic carbocycles. The van der Waals surface area contributed by atoms with Crippen molar-refractivity contribution < 1.29 is 9.90 Å². The number of amides is 1. The lowest BCUT2D eigenvalue weighted by Crippen LogP contribution is -2.33. The number of fused-ring (bicyclic) bond motifs is 1. The van der Waals surface area contributed by atoms with Crippen LogP contribution in [-0.2, 0) is 11.3 Å². The van der Waals surface area contributed by atoms with Crippen LogP contribution in [0, 0.1) is 0 Å². The maximum Gasteiger partial charge on any atom is 0.233 e. The van der Waals surface area contributed by atoms with Crippen molar-refractivity contribution in [3.05, 3.63) is 42.0 Å². The monoisotopic (exact) mass is 258 g/mol. The molecule has 0 atom stereocenters. The average molecular weight is 258 g/mol. The molecule has 19 heavy (non-hydrogen) atoms. The van der Waals surface area contributed by atoms with Crippen molar-refractivity contribution in [3.63, 3.8) is 0 Å². The van der Waals surface area contributed by atoms with Crippen molar-refractivity contribution in [2.45, 2.75) is 13.5 Å². The zero-order valence-corrected chi connectivity index (χ0v) is 10.9. The van der Waals surface area contributed by atoms with Gasteiger partial charge in [0, 0.05) is 18.7 Å². The van der Waals surface area contributed by atoms with Gasteiger partial charge in [-0.2, -0.15) is 0 Å². The van der Waals surface area contributed by atoms with E-state index in [1.54, 1.807) is 6.07 Å². The molecule has 2 rings (SSSR count). The normalized spacial score (nSPS) is 10.6. The summed E-state index contributed by atoms with van der Waals surface area (Å²) >= 11 is 0. The molecular weight excluding hydrogens is 240 g/mol.